The first-order chi connectivity index (χ1) is 30.7. The number of aromatic nitrogens is 4. The lowest BCUT2D eigenvalue weighted by Crippen LogP contribution is -2.00. The van der Waals surface area contributed by atoms with Crippen LogP contribution < -0.4 is 0 Å². The van der Waals surface area contributed by atoms with E-state index in [1.807, 2.05) is 72.8 Å². The van der Waals surface area contributed by atoms with Gasteiger partial charge in [0.2, 0.25) is 0 Å². The summed E-state index contributed by atoms with van der Waals surface area (Å²) in [5.74, 6) is 1.80. The first kappa shape index (κ1) is 35.5. The molecule has 0 aliphatic carbocycles. The fourth-order valence-corrected chi connectivity index (χ4v) is 8.91. The number of fused-ring (bicyclic) bond motifs is 6. The summed E-state index contributed by atoms with van der Waals surface area (Å²) in [5, 5.41) is 4.30. The van der Waals surface area contributed by atoms with Crippen LogP contribution in [0.1, 0.15) is 0 Å². The Bertz CT molecular complexity index is 3450. The molecule has 0 N–H and O–H groups in total. The molecule has 0 saturated heterocycles. The lowest BCUT2D eigenvalue weighted by Gasteiger charge is -2.13. The molecule has 290 valence electrons. The van der Waals surface area contributed by atoms with E-state index in [1.54, 1.807) is 0 Å². The van der Waals surface area contributed by atoms with Crippen molar-refractivity contribution in [2.75, 3.05) is 0 Å². The molecule has 12 rings (SSSR count). The van der Waals surface area contributed by atoms with Crippen molar-refractivity contribution in [1.82, 2.24) is 19.5 Å². The normalized spacial score (nSPS) is 11.5. The molecule has 5 nitrogen and oxygen atoms in total. The van der Waals surface area contributed by atoms with Crippen molar-refractivity contribution in [3.63, 3.8) is 0 Å². The third-order valence-corrected chi connectivity index (χ3v) is 11.8. The van der Waals surface area contributed by atoms with Crippen LogP contribution in [0, 0.1) is 0 Å². The standard InChI is InChI=1S/C57H36N4O/c1-6-17-37(18-7-1)42-29-31-50-47(33-42)48-34-43(38-19-8-2-9-20-38)30-32-51(48)61(50)44-35-46(39-21-10-3-11-22-39)54-49(36-44)53-45(27-16-28-52(53)62-54)57-59-55(40-23-12-4-13-24-40)58-56(60-57)41-25-14-5-15-26-41/h1-36H. The molecule has 0 bridgehead atoms. The molecular formula is C57H36N4O. The zero-order valence-corrected chi connectivity index (χ0v) is 33.5. The molecule has 5 heteroatoms. The van der Waals surface area contributed by atoms with Crippen LogP contribution in [0.5, 0.6) is 0 Å². The van der Waals surface area contributed by atoms with E-state index >= 15 is 0 Å². The molecule has 62 heavy (non-hydrogen) atoms. The van der Waals surface area contributed by atoms with Crippen molar-refractivity contribution in [3.05, 3.63) is 218 Å². The van der Waals surface area contributed by atoms with Crippen LogP contribution in [0.4, 0.5) is 0 Å². The largest absolute Gasteiger partial charge is 0.455 e. The highest BCUT2D eigenvalue weighted by Gasteiger charge is 2.23. The number of furan rings is 1. The van der Waals surface area contributed by atoms with Crippen LogP contribution in [0.15, 0.2) is 223 Å². The highest BCUT2D eigenvalue weighted by Crippen LogP contribution is 2.44. The van der Waals surface area contributed by atoms with Gasteiger partial charge in [0.15, 0.2) is 17.5 Å². The maximum absolute atomic E-state index is 6.93. The molecule has 12 aromatic rings. The summed E-state index contributed by atoms with van der Waals surface area (Å²) in [7, 11) is 0. The number of benzene rings is 9. The first-order valence-corrected chi connectivity index (χ1v) is 20.8. The molecule has 0 amide bonds. The van der Waals surface area contributed by atoms with Crippen LogP contribution in [-0.4, -0.2) is 19.5 Å². The van der Waals surface area contributed by atoms with Gasteiger partial charge in [0.1, 0.15) is 11.2 Å². The third kappa shape index (κ3) is 6.06. The van der Waals surface area contributed by atoms with Crippen molar-refractivity contribution in [2.45, 2.75) is 0 Å². The van der Waals surface area contributed by atoms with Gasteiger partial charge in [-0.2, -0.15) is 0 Å². The summed E-state index contributed by atoms with van der Waals surface area (Å²) in [4.78, 5) is 15.3. The lowest BCUT2D eigenvalue weighted by molar-refractivity contribution is 0.670. The molecule has 0 spiro atoms. The van der Waals surface area contributed by atoms with Crippen LogP contribution in [0.25, 0.3) is 117 Å². The Morgan fingerprint density at radius 3 is 1.31 bits per heavy atom. The second-order valence-electron chi connectivity index (χ2n) is 15.6. The Morgan fingerprint density at radius 1 is 0.323 bits per heavy atom. The van der Waals surface area contributed by atoms with Crippen LogP contribution in [0.3, 0.4) is 0 Å². The van der Waals surface area contributed by atoms with Gasteiger partial charge in [-0.05, 0) is 70.3 Å². The zero-order valence-electron chi connectivity index (χ0n) is 33.5. The molecule has 0 aliphatic heterocycles. The van der Waals surface area contributed by atoms with Gasteiger partial charge < -0.3 is 8.98 Å². The van der Waals surface area contributed by atoms with Gasteiger partial charge in [0, 0.05) is 49.5 Å². The van der Waals surface area contributed by atoms with Crippen molar-refractivity contribution < 1.29 is 4.42 Å². The number of hydrogen-bond acceptors (Lipinski definition) is 4. The molecule has 0 saturated carbocycles. The maximum atomic E-state index is 6.93. The Balaban J connectivity index is 1.15. The molecule has 3 aromatic heterocycles. The molecule has 9 aromatic carbocycles. The van der Waals surface area contributed by atoms with Gasteiger partial charge in [0.05, 0.1) is 11.0 Å². The molecule has 0 unspecified atom stereocenters. The number of rotatable bonds is 7. The van der Waals surface area contributed by atoms with Gasteiger partial charge in [0.25, 0.3) is 0 Å². The van der Waals surface area contributed by atoms with E-state index in [-0.39, 0.29) is 0 Å². The minimum atomic E-state index is 0.580. The number of nitrogens with zero attached hydrogens (tertiary/aromatic N) is 4. The molecule has 0 fully saturated rings. The zero-order chi connectivity index (χ0) is 41.0. The molecular weight excluding hydrogens is 757 g/mol. The average molecular weight is 793 g/mol. The fraction of sp³-hybridized carbons (Fsp3) is 0. The number of hydrogen-bond donors (Lipinski definition) is 0. The summed E-state index contributed by atoms with van der Waals surface area (Å²) in [6.45, 7) is 0. The van der Waals surface area contributed by atoms with Gasteiger partial charge in [-0.1, -0.05) is 176 Å². The van der Waals surface area contributed by atoms with Gasteiger partial charge in [-0.3, -0.25) is 0 Å². The van der Waals surface area contributed by atoms with Crippen LogP contribution in [-0.2, 0) is 0 Å². The highest BCUT2D eigenvalue weighted by atomic mass is 16.3. The summed E-state index contributed by atoms with van der Waals surface area (Å²) in [5.41, 5.74) is 14.3. The Kier molecular flexibility index (Phi) is 8.42. The van der Waals surface area contributed by atoms with E-state index in [2.05, 4.69) is 150 Å². The monoisotopic (exact) mass is 792 g/mol. The second-order valence-corrected chi connectivity index (χ2v) is 15.6. The van der Waals surface area contributed by atoms with Gasteiger partial charge in [-0.15, -0.1) is 0 Å². The van der Waals surface area contributed by atoms with Gasteiger partial charge in [-0.25, -0.2) is 15.0 Å². The summed E-state index contributed by atoms with van der Waals surface area (Å²) >= 11 is 0. The Labute approximate surface area is 357 Å². The smallest absolute Gasteiger partial charge is 0.164 e. The first-order valence-electron chi connectivity index (χ1n) is 20.8. The van der Waals surface area contributed by atoms with Crippen LogP contribution in [0.2, 0.25) is 0 Å². The molecule has 3 heterocycles. The van der Waals surface area contributed by atoms with E-state index < -0.39 is 0 Å². The second kappa shape index (κ2) is 14.7. The lowest BCUT2D eigenvalue weighted by atomic mass is 9.99. The fourth-order valence-electron chi connectivity index (χ4n) is 8.91. The third-order valence-electron chi connectivity index (χ3n) is 11.8. The summed E-state index contributed by atoms with van der Waals surface area (Å²) < 4.78 is 9.33. The molecule has 0 radical (unpaired) electrons. The molecule has 0 atom stereocenters. The Morgan fingerprint density at radius 2 is 0.790 bits per heavy atom. The van der Waals surface area contributed by atoms with Crippen molar-refractivity contribution in [3.8, 4) is 73.2 Å². The van der Waals surface area contributed by atoms with Crippen LogP contribution >= 0.6 is 0 Å². The van der Waals surface area contributed by atoms with Gasteiger partial charge >= 0.3 is 0 Å². The topological polar surface area (TPSA) is 56.7 Å². The average Bonchev–Trinajstić information content (AvgIpc) is 3.90. The Hall–Kier alpha value is -8.41. The molecule has 0 aliphatic rings. The van der Waals surface area contributed by atoms with Crippen molar-refractivity contribution in [2.24, 2.45) is 0 Å². The highest BCUT2D eigenvalue weighted by molar-refractivity contribution is 6.17. The van der Waals surface area contributed by atoms with E-state index in [9.17, 15) is 0 Å². The summed E-state index contributed by atoms with van der Waals surface area (Å²) in [6, 6.07) is 76.4. The van der Waals surface area contributed by atoms with Crippen molar-refractivity contribution in [1.29, 1.82) is 0 Å². The minimum absolute atomic E-state index is 0.580. The van der Waals surface area contributed by atoms with E-state index in [1.165, 1.54) is 33.0 Å². The predicted molar refractivity (Wildman–Crippen MR) is 254 cm³/mol. The predicted octanol–water partition coefficient (Wildman–Crippen LogP) is 14.9. The summed E-state index contributed by atoms with van der Waals surface area (Å²) in [6.07, 6.45) is 0. The van der Waals surface area contributed by atoms with E-state index in [4.69, 9.17) is 19.4 Å². The SMILES string of the molecule is c1ccc(-c2ccc3c(c2)c2cc(-c4ccccc4)ccc2n3-c2cc(-c3ccccc3)c3oc4cccc(-c5nc(-c6ccccc6)nc(-c6ccccc6)n5)c4c3c2)cc1. The van der Waals surface area contributed by atoms with E-state index in [0.29, 0.717) is 17.5 Å². The van der Waals surface area contributed by atoms with Crippen molar-refractivity contribution >= 4 is 43.7 Å². The quantitative estimate of drug-likeness (QED) is 0.161. The minimum Gasteiger partial charge on any atom is -0.455 e. The van der Waals surface area contributed by atoms with E-state index in [0.717, 1.165) is 66.5 Å². The maximum Gasteiger partial charge on any atom is 0.164 e.